The van der Waals surface area contributed by atoms with Crippen LogP contribution >= 0.6 is 0 Å². The summed E-state index contributed by atoms with van der Waals surface area (Å²) in [6.45, 7) is 2.58. The molecule has 0 atom stereocenters. The number of hydrogen-bond donors (Lipinski definition) is 1. The predicted molar refractivity (Wildman–Crippen MR) is 116 cm³/mol. The van der Waals surface area contributed by atoms with Crippen molar-refractivity contribution in [2.24, 2.45) is 0 Å². The number of para-hydroxylation sites is 1. The lowest BCUT2D eigenvalue weighted by molar-refractivity contribution is 0.599. The second kappa shape index (κ2) is 8.05. The van der Waals surface area contributed by atoms with Crippen LogP contribution in [-0.4, -0.2) is 28.7 Å². The van der Waals surface area contributed by atoms with Crippen LogP contribution < -0.4 is 4.72 Å². The Bertz CT molecular complexity index is 1230. The van der Waals surface area contributed by atoms with Crippen molar-refractivity contribution < 1.29 is 8.42 Å². The number of sulfonamides is 1. The van der Waals surface area contributed by atoms with Gasteiger partial charge in [0.2, 0.25) is 10.0 Å². The summed E-state index contributed by atoms with van der Waals surface area (Å²) >= 11 is 0. The van der Waals surface area contributed by atoms with Gasteiger partial charge in [-0.1, -0.05) is 49.4 Å². The fourth-order valence-electron chi connectivity index (χ4n) is 3.33. The van der Waals surface area contributed by atoms with E-state index in [4.69, 9.17) is 0 Å². The molecule has 29 heavy (non-hydrogen) atoms. The van der Waals surface area contributed by atoms with Gasteiger partial charge in [-0.3, -0.25) is 9.71 Å². The molecule has 0 bridgehead atoms. The van der Waals surface area contributed by atoms with Crippen LogP contribution in [0.2, 0.25) is 0 Å². The molecule has 4 aromatic rings. The van der Waals surface area contributed by atoms with Crippen LogP contribution in [0.1, 0.15) is 18.9 Å². The summed E-state index contributed by atoms with van der Waals surface area (Å²) in [4.78, 5) is 8.53. The number of hydrogen-bond acceptors (Lipinski definition) is 4. The zero-order chi connectivity index (χ0) is 20.3. The Morgan fingerprint density at radius 1 is 0.966 bits per heavy atom. The van der Waals surface area contributed by atoms with E-state index in [1.807, 2.05) is 43.3 Å². The van der Waals surface area contributed by atoms with Gasteiger partial charge in [-0.15, -0.1) is 0 Å². The van der Waals surface area contributed by atoms with E-state index in [0.29, 0.717) is 12.1 Å². The lowest BCUT2D eigenvalue weighted by Crippen LogP contribution is -2.17. The maximum atomic E-state index is 12.1. The molecule has 0 amide bonds. The summed E-state index contributed by atoms with van der Waals surface area (Å²) in [5.74, 6) is 0.303. The third-order valence-electron chi connectivity index (χ3n) is 4.68. The quantitative estimate of drug-likeness (QED) is 0.496. The normalized spacial score (nSPS) is 11.6. The Morgan fingerprint density at radius 3 is 2.52 bits per heavy atom. The SMILES string of the molecule is CCCS(=O)(=O)Nc1nccnc1-c1ccc(Cn2ccc3ccccc32)cc1. The van der Waals surface area contributed by atoms with Crippen molar-refractivity contribution in [1.82, 2.24) is 14.5 Å². The van der Waals surface area contributed by atoms with E-state index in [0.717, 1.165) is 17.7 Å². The Morgan fingerprint density at radius 2 is 1.72 bits per heavy atom. The molecule has 0 saturated heterocycles. The van der Waals surface area contributed by atoms with Gasteiger partial charge in [0.1, 0.15) is 5.69 Å². The largest absolute Gasteiger partial charge is 0.343 e. The Balaban J connectivity index is 1.59. The van der Waals surface area contributed by atoms with Crippen LogP contribution in [0.4, 0.5) is 5.82 Å². The molecule has 2 aromatic heterocycles. The van der Waals surface area contributed by atoms with Crippen LogP contribution in [0.25, 0.3) is 22.2 Å². The molecule has 7 heteroatoms. The van der Waals surface area contributed by atoms with Crippen molar-refractivity contribution in [1.29, 1.82) is 0 Å². The average molecular weight is 407 g/mol. The van der Waals surface area contributed by atoms with Gasteiger partial charge >= 0.3 is 0 Å². The van der Waals surface area contributed by atoms with Crippen molar-refractivity contribution in [2.75, 3.05) is 10.5 Å². The molecular formula is C22H22N4O2S. The van der Waals surface area contributed by atoms with Crippen LogP contribution in [0.15, 0.2) is 73.2 Å². The highest BCUT2D eigenvalue weighted by molar-refractivity contribution is 7.92. The smallest absolute Gasteiger partial charge is 0.233 e. The summed E-state index contributed by atoms with van der Waals surface area (Å²) in [6, 6.07) is 18.4. The molecular weight excluding hydrogens is 384 g/mol. The minimum Gasteiger partial charge on any atom is -0.343 e. The van der Waals surface area contributed by atoms with Crippen molar-refractivity contribution in [2.45, 2.75) is 19.9 Å². The number of aromatic nitrogens is 3. The van der Waals surface area contributed by atoms with Crippen LogP contribution in [0.3, 0.4) is 0 Å². The Hall–Kier alpha value is -3.19. The monoisotopic (exact) mass is 406 g/mol. The Kier molecular flexibility index (Phi) is 5.31. The van der Waals surface area contributed by atoms with E-state index in [2.05, 4.69) is 43.7 Å². The minimum absolute atomic E-state index is 0.0484. The molecule has 2 aromatic carbocycles. The highest BCUT2D eigenvalue weighted by Gasteiger charge is 2.15. The lowest BCUT2D eigenvalue weighted by atomic mass is 10.1. The summed E-state index contributed by atoms with van der Waals surface area (Å²) in [7, 11) is -3.43. The number of nitrogens with zero attached hydrogens (tertiary/aromatic N) is 3. The number of nitrogens with one attached hydrogen (secondary N) is 1. The Labute approximate surface area is 170 Å². The van der Waals surface area contributed by atoms with Gasteiger partial charge in [-0.25, -0.2) is 13.4 Å². The topological polar surface area (TPSA) is 76.9 Å². The molecule has 0 saturated carbocycles. The van der Waals surface area contributed by atoms with Gasteiger partial charge in [0, 0.05) is 36.2 Å². The van der Waals surface area contributed by atoms with Crippen molar-refractivity contribution in [3.05, 3.63) is 78.8 Å². The zero-order valence-corrected chi connectivity index (χ0v) is 16.9. The summed E-state index contributed by atoms with van der Waals surface area (Å²) in [5.41, 5.74) is 3.67. The van der Waals surface area contributed by atoms with Crippen molar-refractivity contribution >= 4 is 26.7 Å². The third kappa shape index (κ3) is 4.30. The second-order valence-electron chi connectivity index (χ2n) is 6.87. The number of anilines is 1. The van der Waals surface area contributed by atoms with E-state index < -0.39 is 10.0 Å². The lowest BCUT2D eigenvalue weighted by Gasteiger charge is -2.11. The number of rotatable bonds is 7. The maximum absolute atomic E-state index is 12.1. The third-order valence-corrected chi connectivity index (χ3v) is 6.13. The van der Waals surface area contributed by atoms with Gasteiger partial charge in [0.15, 0.2) is 5.82 Å². The predicted octanol–water partition coefficient (Wildman–Crippen LogP) is 4.30. The van der Waals surface area contributed by atoms with Gasteiger partial charge in [-0.2, -0.15) is 0 Å². The highest BCUT2D eigenvalue weighted by atomic mass is 32.2. The van der Waals surface area contributed by atoms with Crippen LogP contribution in [0.5, 0.6) is 0 Å². The summed E-state index contributed by atoms with van der Waals surface area (Å²) in [5, 5.41) is 1.22. The molecule has 148 valence electrons. The number of benzene rings is 2. The molecule has 0 fully saturated rings. The van der Waals surface area contributed by atoms with Crippen molar-refractivity contribution in [3.8, 4) is 11.3 Å². The first-order valence-electron chi connectivity index (χ1n) is 9.50. The molecule has 4 rings (SSSR count). The molecule has 0 aliphatic carbocycles. The average Bonchev–Trinajstić information content (AvgIpc) is 3.12. The van der Waals surface area contributed by atoms with E-state index >= 15 is 0 Å². The molecule has 1 N–H and O–H groups in total. The van der Waals surface area contributed by atoms with E-state index in [1.165, 1.54) is 17.1 Å². The first-order chi connectivity index (χ1) is 14.1. The molecule has 2 heterocycles. The first kappa shape index (κ1) is 19.1. The van der Waals surface area contributed by atoms with Crippen LogP contribution in [0, 0.1) is 0 Å². The second-order valence-corrected chi connectivity index (χ2v) is 8.72. The van der Waals surface area contributed by atoms with Gasteiger partial charge in [0.05, 0.1) is 5.75 Å². The molecule has 0 aliphatic rings. The molecule has 6 nitrogen and oxygen atoms in total. The zero-order valence-electron chi connectivity index (χ0n) is 16.1. The fourth-order valence-corrected chi connectivity index (χ4v) is 4.42. The number of fused-ring (bicyclic) bond motifs is 1. The van der Waals surface area contributed by atoms with Gasteiger partial charge in [-0.05, 0) is 29.5 Å². The van der Waals surface area contributed by atoms with E-state index in [1.54, 1.807) is 6.20 Å². The van der Waals surface area contributed by atoms with Gasteiger partial charge in [0.25, 0.3) is 0 Å². The van der Waals surface area contributed by atoms with E-state index in [-0.39, 0.29) is 11.6 Å². The standard InChI is InChI=1S/C22H22N4O2S/c1-2-15-29(27,28)25-22-21(23-12-13-24-22)19-9-7-17(8-10-19)16-26-14-11-18-5-3-4-6-20(18)26/h3-14H,2,15-16H2,1H3,(H,24,25). The minimum atomic E-state index is -3.43. The summed E-state index contributed by atoms with van der Waals surface area (Å²) in [6.07, 6.45) is 5.67. The molecule has 0 spiro atoms. The fraction of sp³-hybridized carbons (Fsp3) is 0.182. The van der Waals surface area contributed by atoms with Crippen molar-refractivity contribution in [3.63, 3.8) is 0 Å². The summed E-state index contributed by atoms with van der Waals surface area (Å²) < 4.78 is 29.0. The molecule has 0 aliphatic heterocycles. The molecule has 0 radical (unpaired) electrons. The maximum Gasteiger partial charge on any atom is 0.233 e. The first-order valence-corrected chi connectivity index (χ1v) is 11.2. The highest BCUT2D eigenvalue weighted by Crippen LogP contribution is 2.25. The van der Waals surface area contributed by atoms with Crippen LogP contribution in [-0.2, 0) is 16.6 Å². The van der Waals surface area contributed by atoms with E-state index in [9.17, 15) is 8.42 Å². The van der Waals surface area contributed by atoms with Gasteiger partial charge < -0.3 is 4.57 Å². The molecule has 0 unspecified atom stereocenters.